The number of carbonyl (C=O) groups is 1. The quantitative estimate of drug-likeness (QED) is 0.241. The number of carbonyl (C=O) groups excluding carboxylic acids is 1. The van der Waals surface area contributed by atoms with Crippen LogP contribution in [0.15, 0.2) is 55.6 Å². The number of rotatable bonds is 7. The van der Waals surface area contributed by atoms with E-state index in [1.807, 2.05) is 6.08 Å². The molecular weight excluding hydrogens is 441 g/mol. The van der Waals surface area contributed by atoms with Crippen LogP contribution in [0, 0.1) is 35.2 Å². The van der Waals surface area contributed by atoms with Crippen LogP contribution in [-0.4, -0.2) is 12.6 Å². The number of hydrogen-bond acceptors (Lipinski definition) is 3. The molecular formula is C28H29F3O3. The third-order valence-corrected chi connectivity index (χ3v) is 7.23. The molecule has 0 aliphatic heterocycles. The first-order valence-electron chi connectivity index (χ1n) is 11.8. The molecule has 2 fully saturated rings. The summed E-state index contributed by atoms with van der Waals surface area (Å²) >= 11 is 0. The van der Waals surface area contributed by atoms with E-state index in [9.17, 15) is 13.6 Å². The fraction of sp³-hybridized carbons (Fsp3) is 0.393. The summed E-state index contributed by atoms with van der Waals surface area (Å²) in [7, 11) is 0. The van der Waals surface area contributed by atoms with Gasteiger partial charge in [-0.25, -0.2) is 18.0 Å². The Kier molecular flexibility index (Phi) is 7.44. The van der Waals surface area contributed by atoms with Crippen molar-refractivity contribution < 1.29 is 27.4 Å². The lowest BCUT2D eigenvalue weighted by atomic mass is 9.64. The summed E-state index contributed by atoms with van der Waals surface area (Å²) in [6, 6.07) is 6.36. The van der Waals surface area contributed by atoms with Gasteiger partial charge in [0.25, 0.3) is 0 Å². The van der Waals surface area contributed by atoms with Crippen molar-refractivity contribution in [3.8, 4) is 11.5 Å². The monoisotopic (exact) mass is 470 g/mol. The van der Waals surface area contributed by atoms with Crippen LogP contribution in [0.25, 0.3) is 0 Å². The Morgan fingerprint density at radius 1 is 0.971 bits per heavy atom. The minimum Gasteiger partial charge on any atom is -0.489 e. The van der Waals surface area contributed by atoms with Crippen LogP contribution in [0.3, 0.4) is 0 Å². The maximum Gasteiger partial charge on any atom is 0.346 e. The summed E-state index contributed by atoms with van der Waals surface area (Å²) in [5.74, 6) is -2.87. The Morgan fingerprint density at radius 3 is 2.47 bits per heavy atom. The minimum atomic E-state index is -1.26. The highest BCUT2D eigenvalue weighted by Gasteiger charge is 2.36. The zero-order chi connectivity index (χ0) is 24.2. The molecule has 34 heavy (non-hydrogen) atoms. The number of benzene rings is 2. The van der Waals surface area contributed by atoms with Gasteiger partial charge in [0.2, 0.25) is 0 Å². The average molecular weight is 471 g/mol. The van der Waals surface area contributed by atoms with Crippen LogP contribution < -0.4 is 9.47 Å². The lowest BCUT2D eigenvalue weighted by molar-refractivity contribution is 0.0721. The highest BCUT2D eigenvalue weighted by molar-refractivity contribution is 5.91. The van der Waals surface area contributed by atoms with Gasteiger partial charge < -0.3 is 9.47 Å². The van der Waals surface area contributed by atoms with Crippen LogP contribution in [0.4, 0.5) is 13.2 Å². The van der Waals surface area contributed by atoms with E-state index in [4.69, 9.17) is 9.47 Å². The smallest absolute Gasteiger partial charge is 0.346 e. The van der Waals surface area contributed by atoms with E-state index in [-0.39, 0.29) is 18.3 Å². The zero-order valence-corrected chi connectivity index (χ0v) is 19.1. The molecule has 180 valence electrons. The van der Waals surface area contributed by atoms with Crippen LogP contribution in [-0.2, 0) is 0 Å². The first-order chi connectivity index (χ1) is 16.4. The highest BCUT2D eigenvalue weighted by atomic mass is 19.2. The first-order valence-corrected chi connectivity index (χ1v) is 11.8. The standard InChI is InChI=1S/C28H29F3O3/c1-3-13-33-21-9-12-25(24(29)16-21)34-28(32)23-11-10-22(26(30)27(23)31)20-8-7-18-14-17(4-2)5-6-19(18)15-20/h3-4,9-12,16-20H,1-2,5-8,13-15H2. The van der Waals surface area contributed by atoms with Crippen LogP contribution >= 0.6 is 0 Å². The summed E-state index contributed by atoms with van der Waals surface area (Å²) < 4.78 is 54.4. The fourth-order valence-corrected chi connectivity index (χ4v) is 5.42. The SMILES string of the molecule is C=CCOc1ccc(OC(=O)c2ccc(C3CCC4CC(C=C)CCC4C3)c(F)c2F)c(F)c1. The number of hydrogen-bond donors (Lipinski definition) is 0. The van der Waals surface area contributed by atoms with Gasteiger partial charge in [-0.3, -0.25) is 0 Å². The van der Waals surface area contributed by atoms with Crippen LogP contribution in [0.2, 0.25) is 0 Å². The van der Waals surface area contributed by atoms with Crippen molar-refractivity contribution in [3.05, 3.63) is 84.2 Å². The zero-order valence-electron chi connectivity index (χ0n) is 19.1. The molecule has 0 bridgehead atoms. The third-order valence-electron chi connectivity index (χ3n) is 7.23. The van der Waals surface area contributed by atoms with E-state index in [1.54, 1.807) is 0 Å². The molecule has 4 rings (SSSR count). The van der Waals surface area contributed by atoms with E-state index in [0.717, 1.165) is 44.6 Å². The Hall–Kier alpha value is -3.02. The van der Waals surface area contributed by atoms with E-state index in [1.165, 1.54) is 30.3 Å². The van der Waals surface area contributed by atoms with E-state index < -0.39 is 34.7 Å². The molecule has 2 saturated carbocycles. The molecule has 0 radical (unpaired) electrons. The third kappa shape index (κ3) is 5.06. The molecule has 2 aromatic carbocycles. The molecule has 0 aromatic heterocycles. The maximum absolute atomic E-state index is 15.0. The molecule has 4 atom stereocenters. The van der Waals surface area contributed by atoms with Crippen molar-refractivity contribution >= 4 is 5.97 Å². The molecule has 0 amide bonds. The average Bonchev–Trinajstić information content (AvgIpc) is 2.85. The van der Waals surface area contributed by atoms with Gasteiger partial charge in [0, 0.05) is 6.07 Å². The van der Waals surface area contributed by atoms with Crippen molar-refractivity contribution in [2.75, 3.05) is 6.61 Å². The minimum absolute atomic E-state index is 0.0818. The first kappa shape index (κ1) is 24.1. The number of halogens is 3. The van der Waals surface area contributed by atoms with Crippen LogP contribution in [0.5, 0.6) is 11.5 Å². The summed E-state index contributed by atoms with van der Waals surface area (Å²) in [5.41, 5.74) is -0.263. The molecule has 2 aromatic rings. The van der Waals surface area contributed by atoms with E-state index in [0.29, 0.717) is 23.3 Å². The second-order valence-corrected chi connectivity index (χ2v) is 9.25. The molecule has 2 aliphatic carbocycles. The second-order valence-electron chi connectivity index (χ2n) is 9.25. The van der Waals surface area contributed by atoms with Gasteiger partial charge in [0.15, 0.2) is 23.2 Å². The lowest BCUT2D eigenvalue weighted by Gasteiger charge is -2.41. The summed E-state index contributed by atoms with van der Waals surface area (Å²) in [5, 5.41) is 0. The molecule has 0 saturated heterocycles. The Labute approximate surface area is 198 Å². The molecule has 0 heterocycles. The van der Waals surface area contributed by atoms with Crippen molar-refractivity contribution in [1.82, 2.24) is 0 Å². The van der Waals surface area contributed by atoms with Crippen LogP contribution in [0.1, 0.15) is 60.4 Å². The predicted molar refractivity (Wildman–Crippen MR) is 125 cm³/mol. The Balaban J connectivity index is 1.46. The highest BCUT2D eigenvalue weighted by Crippen LogP contribution is 2.48. The summed E-state index contributed by atoms with van der Waals surface area (Å²) in [6.07, 6.45) is 9.43. The van der Waals surface area contributed by atoms with Crippen molar-refractivity contribution in [1.29, 1.82) is 0 Å². The Morgan fingerprint density at radius 2 is 1.74 bits per heavy atom. The molecule has 0 N–H and O–H groups in total. The Bertz CT molecular complexity index is 1080. The molecule has 2 aliphatic rings. The number of allylic oxidation sites excluding steroid dienone is 1. The molecule has 3 nitrogen and oxygen atoms in total. The van der Waals surface area contributed by atoms with Gasteiger partial charge in [-0.1, -0.05) is 24.8 Å². The molecule has 4 unspecified atom stereocenters. The number of fused-ring (bicyclic) bond motifs is 1. The normalized spacial score (nSPS) is 24.1. The van der Waals surface area contributed by atoms with Gasteiger partial charge >= 0.3 is 5.97 Å². The fourth-order valence-electron chi connectivity index (χ4n) is 5.42. The summed E-state index contributed by atoms with van der Waals surface area (Å²) in [6.45, 7) is 7.61. The number of esters is 1. The van der Waals surface area contributed by atoms with Gasteiger partial charge in [-0.05, 0) is 86.0 Å². The maximum atomic E-state index is 15.0. The molecule has 0 spiro atoms. The predicted octanol–water partition coefficient (Wildman–Crippen LogP) is 7.37. The van der Waals surface area contributed by atoms with Gasteiger partial charge in [0.1, 0.15) is 12.4 Å². The van der Waals surface area contributed by atoms with Crippen molar-refractivity contribution in [3.63, 3.8) is 0 Å². The van der Waals surface area contributed by atoms with Crippen molar-refractivity contribution in [2.45, 2.75) is 44.4 Å². The number of ether oxygens (including phenoxy) is 2. The van der Waals surface area contributed by atoms with Gasteiger partial charge in [0.05, 0.1) is 5.56 Å². The van der Waals surface area contributed by atoms with Gasteiger partial charge in [-0.15, -0.1) is 6.58 Å². The topological polar surface area (TPSA) is 35.5 Å². The second kappa shape index (κ2) is 10.5. The largest absolute Gasteiger partial charge is 0.489 e. The summed E-state index contributed by atoms with van der Waals surface area (Å²) in [4.78, 5) is 12.5. The van der Waals surface area contributed by atoms with Crippen molar-refractivity contribution in [2.24, 2.45) is 17.8 Å². The van der Waals surface area contributed by atoms with Gasteiger partial charge in [-0.2, -0.15) is 0 Å². The lowest BCUT2D eigenvalue weighted by Crippen LogP contribution is -2.30. The van der Waals surface area contributed by atoms with E-state index in [2.05, 4.69) is 13.2 Å². The van der Waals surface area contributed by atoms with E-state index >= 15 is 4.39 Å². The molecule has 6 heteroatoms.